The molecule has 3 heterocycles. The number of fused-ring (bicyclic) bond motifs is 2. The standard InChI is InChI=1S/C20H27N5/c1-14-12-19(23-20(22-14)21-10-11-24(2)3)25-13-15-8-9-18(25)17-7-5-4-6-16(15)17/h4-7,12,15,18H,8-11,13H2,1-3H3,(H,21,22,23)/t15-,18+/m1/s1. The predicted octanol–water partition coefficient (Wildman–Crippen LogP) is 3.20. The molecule has 5 heteroatoms. The molecule has 2 aromatic rings. The van der Waals surface area contributed by atoms with Gasteiger partial charge in [-0.25, -0.2) is 4.98 Å². The molecule has 3 aliphatic rings. The molecule has 1 aromatic heterocycles. The minimum Gasteiger partial charge on any atom is -0.353 e. The van der Waals surface area contributed by atoms with Gasteiger partial charge in [-0.2, -0.15) is 4.98 Å². The SMILES string of the molecule is Cc1cc(N2C[C@H]3CC[C@H]2c2ccccc23)nc(NCCN(C)C)n1. The second-order valence-corrected chi connectivity index (χ2v) is 7.49. The van der Waals surface area contributed by atoms with Crippen LogP contribution in [0, 0.1) is 6.92 Å². The molecule has 0 spiro atoms. The zero-order valence-corrected chi connectivity index (χ0v) is 15.4. The molecule has 1 N–H and O–H groups in total. The van der Waals surface area contributed by atoms with Gasteiger partial charge < -0.3 is 15.1 Å². The predicted molar refractivity (Wildman–Crippen MR) is 102 cm³/mol. The molecule has 0 amide bonds. The Morgan fingerprint density at radius 2 is 1.96 bits per heavy atom. The highest BCUT2D eigenvalue weighted by Crippen LogP contribution is 2.47. The van der Waals surface area contributed by atoms with E-state index in [9.17, 15) is 0 Å². The highest BCUT2D eigenvalue weighted by atomic mass is 15.3. The molecule has 5 rings (SSSR count). The Bertz CT molecular complexity index is 758. The van der Waals surface area contributed by atoms with Crippen LogP contribution in [0.3, 0.4) is 0 Å². The molecule has 2 bridgehead atoms. The second-order valence-electron chi connectivity index (χ2n) is 7.49. The van der Waals surface area contributed by atoms with Crippen LogP contribution in [-0.4, -0.2) is 48.6 Å². The molecule has 5 nitrogen and oxygen atoms in total. The number of hydrogen-bond donors (Lipinski definition) is 1. The fraction of sp³-hybridized carbons (Fsp3) is 0.500. The molecular weight excluding hydrogens is 310 g/mol. The first-order valence-corrected chi connectivity index (χ1v) is 9.21. The van der Waals surface area contributed by atoms with Gasteiger partial charge in [0.1, 0.15) is 5.82 Å². The second kappa shape index (κ2) is 6.64. The summed E-state index contributed by atoms with van der Waals surface area (Å²) in [6.45, 7) is 4.94. The molecule has 1 saturated heterocycles. The third-order valence-corrected chi connectivity index (χ3v) is 5.35. The van der Waals surface area contributed by atoms with Gasteiger partial charge in [-0.15, -0.1) is 0 Å². The Kier molecular flexibility index (Phi) is 4.34. The van der Waals surface area contributed by atoms with Crippen LogP contribution in [0.4, 0.5) is 11.8 Å². The van der Waals surface area contributed by atoms with Crippen molar-refractivity contribution in [1.29, 1.82) is 0 Å². The maximum Gasteiger partial charge on any atom is 0.224 e. The lowest BCUT2D eigenvalue weighted by Gasteiger charge is -2.47. The molecule has 25 heavy (non-hydrogen) atoms. The highest BCUT2D eigenvalue weighted by molar-refractivity contribution is 5.53. The number of aromatic nitrogens is 2. The van der Waals surface area contributed by atoms with E-state index in [1.54, 1.807) is 5.56 Å². The monoisotopic (exact) mass is 337 g/mol. The molecule has 2 atom stereocenters. The summed E-state index contributed by atoms with van der Waals surface area (Å²) in [6, 6.07) is 11.5. The highest BCUT2D eigenvalue weighted by Gasteiger charge is 2.38. The van der Waals surface area contributed by atoms with Gasteiger partial charge in [-0.1, -0.05) is 24.3 Å². The number of piperidine rings is 1. The average Bonchev–Trinajstić information content (AvgIpc) is 2.61. The van der Waals surface area contributed by atoms with E-state index in [4.69, 9.17) is 4.98 Å². The summed E-state index contributed by atoms with van der Waals surface area (Å²) in [5, 5.41) is 3.37. The van der Waals surface area contributed by atoms with Gasteiger partial charge in [-0.05, 0) is 45.0 Å². The van der Waals surface area contributed by atoms with Crippen LogP contribution in [0.25, 0.3) is 0 Å². The third-order valence-electron chi connectivity index (χ3n) is 5.35. The van der Waals surface area contributed by atoms with Crippen molar-refractivity contribution < 1.29 is 0 Å². The number of hydrogen-bond acceptors (Lipinski definition) is 5. The zero-order chi connectivity index (χ0) is 17.4. The van der Waals surface area contributed by atoms with Crippen LogP contribution in [0.5, 0.6) is 0 Å². The Labute approximate surface area is 150 Å². The Hall–Kier alpha value is -2.14. The lowest BCUT2D eigenvalue weighted by atomic mass is 9.75. The molecule has 0 saturated carbocycles. The summed E-state index contributed by atoms with van der Waals surface area (Å²) < 4.78 is 0. The summed E-state index contributed by atoms with van der Waals surface area (Å²) in [5.74, 6) is 2.43. The van der Waals surface area contributed by atoms with E-state index in [0.717, 1.165) is 37.1 Å². The van der Waals surface area contributed by atoms with E-state index in [0.29, 0.717) is 12.0 Å². The van der Waals surface area contributed by atoms with Gasteiger partial charge in [0.2, 0.25) is 5.95 Å². The molecule has 2 aliphatic heterocycles. The summed E-state index contributed by atoms with van der Waals surface area (Å²) in [7, 11) is 4.15. The fourth-order valence-corrected chi connectivity index (χ4v) is 4.16. The topological polar surface area (TPSA) is 44.3 Å². The van der Waals surface area contributed by atoms with Crippen molar-refractivity contribution in [2.45, 2.75) is 31.7 Å². The van der Waals surface area contributed by atoms with Crippen molar-refractivity contribution in [2.75, 3.05) is 43.9 Å². The number of anilines is 2. The molecule has 132 valence electrons. The number of likely N-dealkylation sites (N-methyl/N-ethyl adjacent to an activating group) is 1. The lowest BCUT2D eigenvalue weighted by Crippen LogP contribution is -2.43. The van der Waals surface area contributed by atoms with E-state index in [1.165, 1.54) is 18.4 Å². The largest absolute Gasteiger partial charge is 0.353 e. The summed E-state index contributed by atoms with van der Waals surface area (Å²) in [4.78, 5) is 14.0. The summed E-state index contributed by atoms with van der Waals surface area (Å²) in [6.07, 6.45) is 2.50. The number of rotatable bonds is 5. The number of benzene rings is 1. The van der Waals surface area contributed by atoms with Crippen LogP contribution in [0.15, 0.2) is 30.3 Å². The van der Waals surface area contributed by atoms with Crippen LogP contribution in [0.2, 0.25) is 0 Å². The van der Waals surface area contributed by atoms with Gasteiger partial charge in [0.05, 0.1) is 6.04 Å². The minimum absolute atomic E-state index is 0.449. The normalized spacial score (nSPS) is 21.5. The third kappa shape index (κ3) is 3.21. The molecule has 1 fully saturated rings. The number of nitrogens with zero attached hydrogens (tertiary/aromatic N) is 4. The van der Waals surface area contributed by atoms with Crippen LogP contribution >= 0.6 is 0 Å². The maximum atomic E-state index is 4.83. The Morgan fingerprint density at radius 1 is 1.16 bits per heavy atom. The first-order chi connectivity index (χ1) is 12.1. The van der Waals surface area contributed by atoms with Crippen molar-refractivity contribution in [3.05, 3.63) is 47.2 Å². The smallest absolute Gasteiger partial charge is 0.224 e. The van der Waals surface area contributed by atoms with Gasteiger partial charge in [0.25, 0.3) is 0 Å². The average molecular weight is 337 g/mol. The van der Waals surface area contributed by atoms with E-state index in [1.807, 2.05) is 0 Å². The summed E-state index contributed by atoms with van der Waals surface area (Å²) in [5.41, 5.74) is 4.06. The lowest BCUT2D eigenvalue weighted by molar-refractivity contribution is 0.387. The van der Waals surface area contributed by atoms with Gasteiger partial charge in [0, 0.05) is 37.3 Å². The van der Waals surface area contributed by atoms with Gasteiger partial charge >= 0.3 is 0 Å². The molecule has 1 aromatic carbocycles. The zero-order valence-electron chi connectivity index (χ0n) is 15.4. The van der Waals surface area contributed by atoms with E-state index in [-0.39, 0.29) is 0 Å². The minimum atomic E-state index is 0.449. The van der Waals surface area contributed by atoms with Crippen molar-refractivity contribution in [3.8, 4) is 0 Å². The molecule has 1 aliphatic carbocycles. The van der Waals surface area contributed by atoms with E-state index < -0.39 is 0 Å². The van der Waals surface area contributed by atoms with Crippen molar-refractivity contribution in [1.82, 2.24) is 14.9 Å². The number of nitrogens with one attached hydrogen (secondary N) is 1. The van der Waals surface area contributed by atoms with Crippen LogP contribution in [0.1, 0.15) is 41.6 Å². The van der Waals surface area contributed by atoms with E-state index >= 15 is 0 Å². The fourth-order valence-electron chi connectivity index (χ4n) is 4.16. The Morgan fingerprint density at radius 3 is 2.76 bits per heavy atom. The first kappa shape index (κ1) is 16.3. The molecule has 0 unspecified atom stereocenters. The van der Waals surface area contributed by atoms with Crippen molar-refractivity contribution in [3.63, 3.8) is 0 Å². The van der Waals surface area contributed by atoms with Gasteiger partial charge in [-0.3, -0.25) is 0 Å². The number of aryl methyl sites for hydroxylation is 1. The first-order valence-electron chi connectivity index (χ1n) is 9.21. The van der Waals surface area contributed by atoms with Crippen molar-refractivity contribution >= 4 is 11.8 Å². The summed E-state index contributed by atoms with van der Waals surface area (Å²) >= 11 is 0. The van der Waals surface area contributed by atoms with Crippen LogP contribution < -0.4 is 10.2 Å². The molecule has 0 radical (unpaired) electrons. The van der Waals surface area contributed by atoms with Crippen molar-refractivity contribution in [2.24, 2.45) is 0 Å². The Balaban J connectivity index is 1.59. The van der Waals surface area contributed by atoms with Crippen LogP contribution in [-0.2, 0) is 0 Å². The quantitative estimate of drug-likeness (QED) is 0.908. The molecular formula is C20H27N5. The maximum absolute atomic E-state index is 4.83. The van der Waals surface area contributed by atoms with Gasteiger partial charge in [0.15, 0.2) is 0 Å². The van der Waals surface area contributed by atoms with E-state index in [2.05, 4.69) is 71.5 Å².